The molecule has 1 atom stereocenters. The lowest BCUT2D eigenvalue weighted by Crippen LogP contribution is -2.45. The lowest BCUT2D eigenvalue weighted by atomic mass is 10.0. The Bertz CT molecular complexity index is 1120. The van der Waals surface area contributed by atoms with Crippen molar-refractivity contribution >= 4 is 40.9 Å². The minimum atomic E-state index is -0.821. The molecule has 172 valence electrons. The van der Waals surface area contributed by atoms with Gasteiger partial charge in [0.1, 0.15) is 6.04 Å². The second-order valence-electron chi connectivity index (χ2n) is 7.72. The van der Waals surface area contributed by atoms with Crippen LogP contribution in [0.4, 0.5) is 5.69 Å². The van der Waals surface area contributed by atoms with E-state index in [0.29, 0.717) is 17.3 Å². The maximum Gasteiger partial charge on any atom is 0.272 e. The largest absolute Gasteiger partial charge is 0.338 e. The molecule has 2 N–H and O–H groups in total. The second-order valence-corrected chi connectivity index (χ2v) is 9.19. The third kappa shape index (κ3) is 7.04. The van der Waals surface area contributed by atoms with Crippen LogP contribution in [0.3, 0.4) is 0 Å². The molecule has 2 amide bonds. The van der Waals surface area contributed by atoms with E-state index in [1.165, 1.54) is 18.0 Å². The smallest absolute Gasteiger partial charge is 0.272 e. The van der Waals surface area contributed by atoms with Gasteiger partial charge in [-0.25, -0.2) is 9.97 Å². The number of aryl methyl sites for hydroxylation is 2. The molecule has 0 saturated heterocycles. The number of hydrogen-bond acceptors (Lipinski definition) is 5. The fraction of sp³-hybridized carbons (Fsp3) is 0.280. The average Bonchev–Trinajstić information content (AvgIpc) is 2.80. The third-order valence-electron chi connectivity index (χ3n) is 4.92. The van der Waals surface area contributed by atoms with Crippen LogP contribution in [0.1, 0.15) is 40.5 Å². The zero-order valence-corrected chi connectivity index (χ0v) is 20.5. The number of carbonyl (C=O) groups excluding carboxylic acids is 2. The van der Waals surface area contributed by atoms with Crippen molar-refractivity contribution in [3.8, 4) is 0 Å². The van der Waals surface area contributed by atoms with Crippen LogP contribution >= 0.6 is 23.4 Å². The Hall–Kier alpha value is -2.90. The number of benzene rings is 2. The Morgan fingerprint density at radius 1 is 1.12 bits per heavy atom. The van der Waals surface area contributed by atoms with E-state index in [2.05, 4.69) is 27.5 Å². The van der Waals surface area contributed by atoms with Crippen molar-refractivity contribution in [3.63, 3.8) is 0 Å². The molecule has 0 fully saturated rings. The Balaban J connectivity index is 1.83. The zero-order chi connectivity index (χ0) is 23.8. The van der Waals surface area contributed by atoms with E-state index in [9.17, 15) is 9.59 Å². The van der Waals surface area contributed by atoms with Crippen LogP contribution in [-0.4, -0.2) is 33.6 Å². The summed E-state index contributed by atoms with van der Waals surface area (Å²) in [5.41, 5.74) is 3.74. The highest BCUT2D eigenvalue weighted by Crippen LogP contribution is 2.20. The molecule has 0 saturated carbocycles. The molecular formula is C25H27ClN4O2S. The van der Waals surface area contributed by atoms with E-state index in [1.807, 2.05) is 62.4 Å². The number of amides is 2. The number of nitrogens with one attached hydrogen (secondary N) is 2. The number of thioether (sulfide) groups is 1. The van der Waals surface area contributed by atoms with Crippen LogP contribution in [-0.2, 0) is 11.2 Å². The van der Waals surface area contributed by atoms with Crippen LogP contribution in [0.25, 0.3) is 0 Å². The van der Waals surface area contributed by atoms with Gasteiger partial charge in [-0.3, -0.25) is 9.59 Å². The fourth-order valence-electron chi connectivity index (χ4n) is 3.23. The topological polar surface area (TPSA) is 84.0 Å². The van der Waals surface area contributed by atoms with E-state index < -0.39 is 11.9 Å². The molecule has 3 rings (SSSR count). The van der Waals surface area contributed by atoms with Crippen molar-refractivity contribution in [2.75, 3.05) is 11.1 Å². The van der Waals surface area contributed by atoms with Crippen molar-refractivity contribution in [2.45, 2.75) is 44.8 Å². The summed E-state index contributed by atoms with van der Waals surface area (Å²) in [6, 6.07) is 14.5. The van der Waals surface area contributed by atoms with Crippen LogP contribution in [0.15, 0.2) is 59.9 Å². The number of carbonyl (C=O) groups is 2. The van der Waals surface area contributed by atoms with Gasteiger partial charge in [0.25, 0.3) is 5.91 Å². The third-order valence-corrected chi connectivity index (χ3v) is 6.26. The quantitative estimate of drug-likeness (QED) is 0.322. The fourth-order valence-corrected chi connectivity index (χ4v) is 4.08. The standard InChI is InChI=1S/C25H27ClN4O2S/c1-4-12-33-25-27-15-19(26)22(30-25)24(32)29-21(14-18-8-6-5-7-9-18)23(31)28-20-11-10-16(2)13-17(20)3/h5-11,13,15,21H,4,12,14H2,1-3H3,(H,28,31)(H,29,32)/t21-/m0/s1. The molecule has 1 heterocycles. The number of aromatic nitrogens is 2. The Kier molecular flexibility index (Phi) is 8.86. The molecule has 0 aliphatic carbocycles. The lowest BCUT2D eigenvalue weighted by molar-refractivity contribution is -0.118. The predicted octanol–water partition coefficient (Wildman–Crippen LogP) is 5.23. The van der Waals surface area contributed by atoms with Crippen LogP contribution in [0, 0.1) is 13.8 Å². The van der Waals surface area contributed by atoms with Crippen molar-refractivity contribution in [3.05, 3.63) is 82.1 Å². The van der Waals surface area contributed by atoms with Gasteiger partial charge >= 0.3 is 0 Å². The minimum Gasteiger partial charge on any atom is -0.338 e. The lowest BCUT2D eigenvalue weighted by Gasteiger charge is -2.20. The molecule has 6 nitrogen and oxygen atoms in total. The van der Waals surface area contributed by atoms with Gasteiger partial charge in [0.05, 0.1) is 11.2 Å². The number of hydrogen-bond donors (Lipinski definition) is 2. The summed E-state index contributed by atoms with van der Waals surface area (Å²) in [5.74, 6) is -0.000153. The number of halogens is 1. The van der Waals surface area contributed by atoms with Gasteiger partial charge in [-0.05, 0) is 37.5 Å². The van der Waals surface area contributed by atoms with E-state index in [-0.39, 0.29) is 16.6 Å². The minimum absolute atomic E-state index is 0.0580. The first-order valence-electron chi connectivity index (χ1n) is 10.8. The highest BCUT2D eigenvalue weighted by molar-refractivity contribution is 7.99. The second kappa shape index (κ2) is 11.8. The van der Waals surface area contributed by atoms with Gasteiger partial charge in [0, 0.05) is 17.9 Å². The first kappa shape index (κ1) is 24.7. The van der Waals surface area contributed by atoms with E-state index in [4.69, 9.17) is 11.6 Å². The zero-order valence-electron chi connectivity index (χ0n) is 18.9. The molecule has 0 bridgehead atoms. The molecule has 1 aromatic heterocycles. The number of nitrogens with zero attached hydrogens (tertiary/aromatic N) is 2. The van der Waals surface area contributed by atoms with E-state index >= 15 is 0 Å². The van der Waals surface area contributed by atoms with Gasteiger partial charge in [-0.2, -0.15) is 0 Å². The molecule has 2 aromatic carbocycles. The van der Waals surface area contributed by atoms with Gasteiger partial charge in [0.15, 0.2) is 10.9 Å². The van der Waals surface area contributed by atoms with Gasteiger partial charge in [-0.1, -0.05) is 78.3 Å². The molecular weight excluding hydrogens is 456 g/mol. The summed E-state index contributed by atoms with van der Waals surface area (Å²) >= 11 is 7.67. The molecule has 0 aliphatic heterocycles. The molecule has 33 heavy (non-hydrogen) atoms. The first-order chi connectivity index (χ1) is 15.9. The highest BCUT2D eigenvalue weighted by atomic mass is 35.5. The Morgan fingerprint density at radius 3 is 2.58 bits per heavy atom. The molecule has 8 heteroatoms. The normalized spacial score (nSPS) is 11.6. The van der Waals surface area contributed by atoms with Crippen LogP contribution < -0.4 is 10.6 Å². The number of rotatable bonds is 9. The summed E-state index contributed by atoms with van der Waals surface area (Å²) < 4.78 is 0. The van der Waals surface area contributed by atoms with E-state index in [1.54, 1.807) is 0 Å². The summed E-state index contributed by atoms with van der Waals surface area (Å²) in [7, 11) is 0. The molecule has 0 unspecified atom stereocenters. The van der Waals surface area contributed by atoms with Crippen LogP contribution in [0.2, 0.25) is 5.02 Å². The van der Waals surface area contributed by atoms with Gasteiger partial charge in [0.2, 0.25) is 5.91 Å². The summed E-state index contributed by atoms with van der Waals surface area (Å²) in [4.78, 5) is 34.8. The molecule has 3 aromatic rings. The summed E-state index contributed by atoms with van der Waals surface area (Å²) in [6.45, 7) is 5.98. The molecule has 0 radical (unpaired) electrons. The first-order valence-corrected chi connectivity index (χ1v) is 12.1. The summed E-state index contributed by atoms with van der Waals surface area (Å²) in [6.07, 6.45) is 2.70. The average molecular weight is 483 g/mol. The highest BCUT2D eigenvalue weighted by Gasteiger charge is 2.25. The van der Waals surface area contributed by atoms with Gasteiger partial charge in [-0.15, -0.1) is 0 Å². The van der Waals surface area contributed by atoms with Crippen molar-refractivity contribution in [1.82, 2.24) is 15.3 Å². The number of anilines is 1. The Labute approximate surface area is 203 Å². The van der Waals surface area contributed by atoms with Crippen molar-refractivity contribution in [1.29, 1.82) is 0 Å². The monoisotopic (exact) mass is 482 g/mol. The predicted molar refractivity (Wildman–Crippen MR) is 134 cm³/mol. The van der Waals surface area contributed by atoms with Crippen molar-refractivity contribution in [2.24, 2.45) is 0 Å². The van der Waals surface area contributed by atoms with E-state index in [0.717, 1.165) is 28.9 Å². The maximum absolute atomic E-state index is 13.2. The molecule has 0 spiro atoms. The summed E-state index contributed by atoms with van der Waals surface area (Å²) in [5, 5.41) is 6.38. The van der Waals surface area contributed by atoms with Gasteiger partial charge < -0.3 is 10.6 Å². The Morgan fingerprint density at radius 2 is 1.88 bits per heavy atom. The SMILES string of the molecule is CCCSc1ncc(Cl)c(C(=O)N[C@@H](Cc2ccccc2)C(=O)Nc2ccc(C)cc2C)n1. The molecule has 0 aliphatic rings. The maximum atomic E-state index is 13.2. The van der Waals surface area contributed by atoms with Crippen LogP contribution in [0.5, 0.6) is 0 Å². The van der Waals surface area contributed by atoms with Crippen molar-refractivity contribution < 1.29 is 9.59 Å².